The molecule has 150 valence electrons. The number of rotatable bonds is 4. The molecule has 0 atom stereocenters. The van der Waals surface area contributed by atoms with Crippen LogP contribution in [-0.2, 0) is 0 Å². The van der Waals surface area contributed by atoms with Gasteiger partial charge in [-0.1, -0.05) is 12.1 Å². The van der Waals surface area contributed by atoms with Crippen molar-refractivity contribution in [2.45, 2.75) is 9.79 Å². The number of thiophene rings is 5. The van der Waals surface area contributed by atoms with E-state index in [-0.39, 0.29) is 0 Å². The van der Waals surface area contributed by atoms with Crippen molar-refractivity contribution in [2.75, 3.05) is 0 Å². The average molecular weight is 571 g/mol. The molecule has 0 aliphatic carbocycles. The minimum Gasteiger partial charge on any atom is -0.143 e. The largest absolute Gasteiger partial charge is 0.143 e. The highest BCUT2D eigenvalue weighted by atomic mass is 33.8. The van der Waals surface area contributed by atoms with Gasteiger partial charge in [0.15, 0.2) is 0 Å². The summed E-state index contributed by atoms with van der Waals surface area (Å²) in [5.41, 5.74) is 0. The van der Waals surface area contributed by atoms with Gasteiger partial charge in [0.2, 0.25) is 0 Å². The topological polar surface area (TPSA) is 0 Å². The second-order valence-electron chi connectivity index (χ2n) is 6.07. The molecular formula is C20H10S10. The minimum absolute atomic E-state index is 1.36. The van der Waals surface area contributed by atoms with Crippen LogP contribution in [0.2, 0.25) is 0 Å². The fourth-order valence-electron chi connectivity index (χ4n) is 3.01. The summed E-state index contributed by atoms with van der Waals surface area (Å²) in [6.07, 6.45) is 0. The molecule has 0 fully saturated rings. The van der Waals surface area contributed by atoms with Gasteiger partial charge >= 0.3 is 0 Å². The third kappa shape index (κ3) is 4.02. The van der Waals surface area contributed by atoms with Crippen LogP contribution >= 0.6 is 108 Å². The number of hydrogen-bond acceptors (Lipinski definition) is 10. The number of fused-ring (bicyclic) bond motifs is 1. The predicted molar refractivity (Wildman–Crippen MR) is 152 cm³/mol. The van der Waals surface area contributed by atoms with Crippen molar-refractivity contribution in [2.24, 2.45) is 0 Å². The first-order chi connectivity index (χ1) is 14.9. The van der Waals surface area contributed by atoms with E-state index in [0.29, 0.717) is 0 Å². The van der Waals surface area contributed by atoms with E-state index >= 15 is 0 Å². The van der Waals surface area contributed by atoms with Crippen molar-refractivity contribution in [3.05, 3.63) is 59.3 Å². The highest BCUT2D eigenvalue weighted by Crippen LogP contribution is 2.65. The van der Waals surface area contributed by atoms with E-state index in [0.717, 1.165) is 0 Å². The lowest BCUT2D eigenvalue weighted by Gasteiger charge is -2.00. The molecule has 1 aliphatic heterocycles. The fourth-order valence-corrected chi connectivity index (χ4v) is 18.1. The molecule has 6 heterocycles. The second-order valence-corrected chi connectivity index (χ2v) is 18.6. The Morgan fingerprint density at radius 1 is 0.433 bits per heavy atom. The summed E-state index contributed by atoms with van der Waals surface area (Å²) in [5, 5.41) is 4.31. The SMILES string of the molecule is c1csc(-c2ccc(-c3sc(-c4ccc(-c5cccs5)s4)c4c3SSSSS4)s2)c1. The molecule has 1 aliphatic rings. The summed E-state index contributed by atoms with van der Waals surface area (Å²) in [4.78, 5) is 13.9. The van der Waals surface area contributed by atoms with Crippen molar-refractivity contribution < 1.29 is 0 Å². The van der Waals surface area contributed by atoms with Gasteiger partial charge < -0.3 is 0 Å². The summed E-state index contributed by atoms with van der Waals surface area (Å²) >= 11 is 9.43. The van der Waals surface area contributed by atoms with Crippen LogP contribution in [0.3, 0.4) is 0 Å². The Labute approximate surface area is 213 Å². The molecule has 30 heavy (non-hydrogen) atoms. The zero-order chi connectivity index (χ0) is 19.9. The van der Waals surface area contributed by atoms with Crippen molar-refractivity contribution in [3.63, 3.8) is 0 Å². The van der Waals surface area contributed by atoms with Crippen LogP contribution in [0, 0.1) is 0 Å². The Morgan fingerprint density at radius 3 is 1.40 bits per heavy atom. The number of hydrogen-bond donors (Lipinski definition) is 0. The van der Waals surface area contributed by atoms with Gasteiger partial charge in [-0.3, -0.25) is 0 Å². The smallest absolute Gasteiger partial charge is 0.0606 e. The summed E-state index contributed by atoms with van der Waals surface area (Å²) in [7, 11) is 9.46. The molecule has 5 aromatic rings. The molecule has 0 saturated carbocycles. The first-order valence-corrected chi connectivity index (χ1v) is 19.0. The van der Waals surface area contributed by atoms with E-state index in [2.05, 4.69) is 59.3 Å². The Bertz CT molecular complexity index is 1170. The predicted octanol–water partition coefficient (Wildman–Crippen LogP) is 11.7. The first kappa shape index (κ1) is 20.8. The van der Waals surface area contributed by atoms with Gasteiger partial charge in [-0.15, -0.1) is 56.7 Å². The van der Waals surface area contributed by atoms with Crippen LogP contribution in [0.4, 0.5) is 0 Å². The summed E-state index contributed by atoms with van der Waals surface area (Å²) in [6.45, 7) is 0. The summed E-state index contributed by atoms with van der Waals surface area (Å²) in [6, 6.07) is 17.9. The normalized spacial score (nSPS) is 14.0. The van der Waals surface area contributed by atoms with E-state index in [9.17, 15) is 0 Å². The highest BCUT2D eigenvalue weighted by molar-refractivity contribution is 9.36. The Kier molecular flexibility index (Phi) is 6.42. The molecule has 5 aromatic heterocycles. The van der Waals surface area contributed by atoms with Crippen LogP contribution in [0.15, 0.2) is 69.1 Å². The van der Waals surface area contributed by atoms with Crippen LogP contribution in [0.25, 0.3) is 39.0 Å². The maximum atomic E-state index is 2.31. The van der Waals surface area contributed by atoms with E-state index in [1.165, 1.54) is 48.8 Å². The monoisotopic (exact) mass is 570 g/mol. The van der Waals surface area contributed by atoms with Gasteiger partial charge in [0.25, 0.3) is 0 Å². The van der Waals surface area contributed by atoms with E-state index < -0.39 is 0 Å². The van der Waals surface area contributed by atoms with Crippen LogP contribution in [-0.4, -0.2) is 0 Å². The molecular weight excluding hydrogens is 561 g/mol. The zero-order valence-electron chi connectivity index (χ0n) is 14.9. The molecule has 0 saturated heterocycles. The standard InChI is InChI=1S/C20H10S10/c1-3-11(21-9-1)13-5-7-15(23-13)17-19-20(27-29-30-28-26-19)18(25-17)16-8-6-14(24-16)12-4-2-10-22-12/h1-10H. The third-order valence-corrected chi connectivity index (χ3v) is 18.9. The van der Waals surface area contributed by atoms with Crippen molar-refractivity contribution in [1.29, 1.82) is 0 Å². The zero-order valence-corrected chi connectivity index (χ0v) is 23.0. The highest BCUT2D eigenvalue weighted by Gasteiger charge is 2.26. The van der Waals surface area contributed by atoms with Crippen LogP contribution in [0.5, 0.6) is 0 Å². The van der Waals surface area contributed by atoms with Gasteiger partial charge in [0.05, 0.1) is 19.5 Å². The minimum atomic E-state index is 1.36. The Morgan fingerprint density at radius 2 is 0.933 bits per heavy atom. The Balaban J connectivity index is 1.45. The molecule has 0 bridgehead atoms. The molecule has 0 aromatic carbocycles. The van der Waals surface area contributed by atoms with Crippen LogP contribution < -0.4 is 0 Å². The molecule has 10 heteroatoms. The van der Waals surface area contributed by atoms with Crippen LogP contribution in [0.1, 0.15) is 0 Å². The molecule has 0 N–H and O–H groups in total. The van der Waals surface area contributed by atoms with Crippen molar-refractivity contribution in [3.8, 4) is 39.0 Å². The first-order valence-electron chi connectivity index (χ1n) is 8.66. The molecule has 0 spiro atoms. The second kappa shape index (κ2) is 9.24. The maximum Gasteiger partial charge on any atom is 0.0606 e. The van der Waals surface area contributed by atoms with Crippen molar-refractivity contribution >= 4 is 108 Å². The molecule has 6 rings (SSSR count). The van der Waals surface area contributed by atoms with E-state index in [4.69, 9.17) is 0 Å². The lowest BCUT2D eigenvalue weighted by atomic mass is 10.3. The van der Waals surface area contributed by atoms with Crippen molar-refractivity contribution in [1.82, 2.24) is 0 Å². The lowest BCUT2D eigenvalue weighted by molar-refractivity contribution is 1.37. The van der Waals surface area contributed by atoms with Gasteiger partial charge in [0, 0.05) is 29.3 Å². The molecule has 0 amide bonds. The van der Waals surface area contributed by atoms with Gasteiger partial charge in [0.1, 0.15) is 0 Å². The van der Waals surface area contributed by atoms with E-state index in [1.54, 1.807) is 0 Å². The quantitative estimate of drug-likeness (QED) is 0.196. The maximum absolute atomic E-state index is 2.31. The molecule has 0 nitrogen and oxygen atoms in total. The van der Waals surface area contributed by atoms with Gasteiger partial charge in [-0.2, -0.15) is 0 Å². The van der Waals surface area contributed by atoms with Gasteiger partial charge in [-0.25, -0.2) is 0 Å². The molecule has 0 unspecified atom stereocenters. The third-order valence-electron chi connectivity index (χ3n) is 4.30. The van der Waals surface area contributed by atoms with E-state index in [1.807, 2.05) is 108 Å². The average Bonchev–Trinajstić information content (AvgIpc) is 3.57. The molecule has 0 radical (unpaired) electrons. The lowest BCUT2D eigenvalue weighted by Crippen LogP contribution is -1.71. The fraction of sp³-hybridized carbons (Fsp3) is 0. The summed E-state index contributed by atoms with van der Waals surface area (Å²) in [5.74, 6) is 0. The summed E-state index contributed by atoms with van der Waals surface area (Å²) < 4.78 is 0. The van der Waals surface area contributed by atoms with Gasteiger partial charge in [-0.05, 0) is 98.2 Å². The Hall–Kier alpha value is 0.250.